The SMILES string of the molecule is Cc1ccc2c(c1)c1ccccc1n2-c1c(-c2cc(-c3ccccc3)nc(-c3ccccc3)n2)cc(-n2c3ccc(-c4ccccc4)cc3c3cc(-c4cccc(-c5ccccc5)n4)ccc32)c(-n2c3ccccc3c3cc(C)ccc32)c1-c1cc(-c2ccccc2)nc(-c2ccccc2)n1. The normalized spacial score (nSPS) is 11.7. The van der Waals surface area contributed by atoms with Gasteiger partial charge >= 0.3 is 0 Å². The lowest BCUT2D eigenvalue weighted by Gasteiger charge is -2.27. The number of rotatable bonds is 12. The van der Waals surface area contributed by atoms with Crippen LogP contribution in [0.5, 0.6) is 0 Å². The van der Waals surface area contributed by atoms with Gasteiger partial charge in [-0.2, -0.15) is 0 Å². The van der Waals surface area contributed by atoms with Crippen LogP contribution >= 0.6 is 0 Å². The van der Waals surface area contributed by atoms with E-state index in [1.54, 1.807) is 0 Å². The number of hydrogen-bond donors (Lipinski definition) is 0. The van der Waals surface area contributed by atoms with Crippen molar-refractivity contribution in [1.29, 1.82) is 0 Å². The fraction of sp³-hybridized carbons (Fsp3) is 0.0215. The molecule has 0 bridgehead atoms. The average molecular weight is 1290 g/mol. The summed E-state index contributed by atoms with van der Waals surface area (Å²) in [5.74, 6) is 1.18. The molecule has 0 atom stereocenters. The molecule has 101 heavy (non-hydrogen) atoms. The molecule has 0 aliphatic heterocycles. The first-order valence-electron chi connectivity index (χ1n) is 34.3. The van der Waals surface area contributed by atoms with E-state index in [2.05, 4.69) is 355 Å². The first-order valence-corrected chi connectivity index (χ1v) is 34.3. The third kappa shape index (κ3) is 10.2. The van der Waals surface area contributed by atoms with Crippen molar-refractivity contribution in [3.8, 4) is 119 Å². The highest BCUT2D eigenvalue weighted by atomic mass is 15.1. The molecule has 6 aromatic heterocycles. The van der Waals surface area contributed by atoms with Crippen LogP contribution in [0.15, 0.2) is 340 Å². The Labute approximate surface area is 583 Å². The number of nitrogens with zero attached hydrogens (tertiary/aromatic N) is 8. The van der Waals surface area contributed by atoms with E-state index in [9.17, 15) is 0 Å². The van der Waals surface area contributed by atoms with Gasteiger partial charge in [-0.3, -0.25) is 0 Å². The fourth-order valence-corrected chi connectivity index (χ4v) is 15.1. The van der Waals surface area contributed by atoms with E-state index in [0.29, 0.717) is 17.3 Å². The van der Waals surface area contributed by atoms with Gasteiger partial charge in [0.2, 0.25) is 0 Å². The number of aryl methyl sites for hydroxylation is 2. The van der Waals surface area contributed by atoms with Crippen LogP contribution in [0.1, 0.15) is 11.1 Å². The van der Waals surface area contributed by atoms with E-state index in [1.165, 1.54) is 0 Å². The van der Waals surface area contributed by atoms with Crippen molar-refractivity contribution in [3.63, 3.8) is 0 Å². The molecule has 0 saturated carbocycles. The zero-order valence-electron chi connectivity index (χ0n) is 55.4. The smallest absolute Gasteiger partial charge is 0.160 e. The molecule has 19 aromatic rings. The fourth-order valence-electron chi connectivity index (χ4n) is 15.1. The van der Waals surface area contributed by atoms with E-state index in [0.717, 1.165) is 178 Å². The first kappa shape index (κ1) is 58.9. The molecule has 6 heterocycles. The molecule has 0 unspecified atom stereocenters. The summed E-state index contributed by atoms with van der Waals surface area (Å²) in [6, 6.07) is 122. The summed E-state index contributed by atoms with van der Waals surface area (Å²) < 4.78 is 7.54. The maximum Gasteiger partial charge on any atom is 0.160 e. The van der Waals surface area contributed by atoms with Crippen molar-refractivity contribution < 1.29 is 0 Å². The van der Waals surface area contributed by atoms with Gasteiger partial charge in [0, 0.05) is 71.3 Å². The zero-order chi connectivity index (χ0) is 67.1. The Morgan fingerprint density at radius 1 is 0.208 bits per heavy atom. The number of aromatic nitrogens is 8. The summed E-state index contributed by atoms with van der Waals surface area (Å²) in [6.07, 6.45) is 0. The quantitative estimate of drug-likeness (QED) is 0.122. The van der Waals surface area contributed by atoms with Crippen molar-refractivity contribution in [2.45, 2.75) is 13.8 Å². The van der Waals surface area contributed by atoms with Gasteiger partial charge in [-0.25, -0.2) is 24.9 Å². The second-order valence-electron chi connectivity index (χ2n) is 26.1. The van der Waals surface area contributed by atoms with Crippen LogP contribution in [0.4, 0.5) is 0 Å². The number of fused-ring (bicyclic) bond motifs is 9. The van der Waals surface area contributed by atoms with E-state index < -0.39 is 0 Å². The van der Waals surface area contributed by atoms with Crippen LogP contribution in [-0.4, -0.2) is 38.6 Å². The number of benzene rings is 13. The minimum absolute atomic E-state index is 0.587. The standard InChI is InChI=1S/C93H62N8/c1-59-44-48-86-71(52-59)69-38-21-23-42-82(69)100(86)90-75(80-57-78(63-30-13-5-14-31-63)95-92(97-80)65-34-17-7-18-35-65)56-88(99-84-50-46-67(61-26-9-3-10-27-61)54-73(84)74-55-68(47-51-85(74)99)77-41-25-40-76(94-77)62-28-11-4-12-29-62)91(101-83-43-24-22-39-70(83)72-53-60(2)45-49-87(72)101)89(90)81-58-79(64-32-15-6-16-33-64)96-93(98-81)66-36-19-8-20-37-66/h3-58H,1-2H3. The lowest BCUT2D eigenvalue weighted by molar-refractivity contribution is 1.07. The Hall–Kier alpha value is -13.4. The van der Waals surface area contributed by atoms with Gasteiger partial charge < -0.3 is 13.7 Å². The van der Waals surface area contributed by atoms with Crippen LogP contribution in [-0.2, 0) is 0 Å². The Morgan fingerprint density at radius 2 is 0.574 bits per heavy atom. The Kier molecular flexibility index (Phi) is 14.2. The summed E-state index contributed by atoms with van der Waals surface area (Å²) in [6.45, 7) is 4.37. The number of para-hydroxylation sites is 2. The Balaban J connectivity index is 1.07. The lowest BCUT2D eigenvalue weighted by atomic mass is 9.94. The largest absolute Gasteiger partial charge is 0.308 e. The molecular formula is C93H62N8. The summed E-state index contributed by atoms with van der Waals surface area (Å²) in [5.41, 5.74) is 25.6. The third-order valence-corrected chi connectivity index (χ3v) is 19.8. The van der Waals surface area contributed by atoms with Crippen LogP contribution in [0, 0.1) is 13.8 Å². The van der Waals surface area contributed by atoms with Crippen LogP contribution in [0.2, 0.25) is 0 Å². The van der Waals surface area contributed by atoms with Crippen molar-refractivity contribution in [3.05, 3.63) is 351 Å². The molecule has 0 aliphatic rings. The minimum Gasteiger partial charge on any atom is -0.308 e. The molecule has 8 nitrogen and oxygen atoms in total. The van der Waals surface area contributed by atoms with Crippen molar-refractivity contribution in [1.82, 2.24) is 38.6 Å². The lowest BCUT2D eigenvalue weighted by Crippen LogP contribution is -2.12. The minimum atomic E-state index is 0.587. The molecule has 0 radical (unpaired) electrons. The predicted molar refractivity (Wildman–Crippen MR) is 417 cm³/mol. The van der Waals surface area contributed by atoms with Crippen LogP contribution < -0.4 is 0 Å². The second kappa shape index (κ2) is 24.3. The molecule has 0 amide bonds. The van der Waals surface area contributed by atoms with Crippen molar-refractivity contribution in [2.24, 2.45) is 0 Å². The summed E-state index contributed by atoms with van der Waals surface area (Å²) in [4.78, 5) is 28.4. The van der Waals surface area contributed by atoms with E-state index in [1.807, 2.05) is 12.1 Å². The molecular weight excluding hydrogens is 1230 g/mol. The van der Waals surface area contributed by atoms with E-state index in [4.69, 9.17) is 24.9 Å². The molecule has 0 spiro atoms. The van der Waals surface area contributed by atoms with Crippen LogP contribution in [0.3, 0.4) is 0 Å². The molecule has 0 aliphatic carbocycles. The molecule has 0 N–H and O–H groups in total. The highest BCUT2D eigenvalue weighted by molar-refractivity contribution is 6.16. The van der Waals surface area contributed by atoms with Gasteiger partial charge in [-0.05, 0) is 116 Å². The second-order valence-corrected chi connectivity index (χ2v) is 26.1. The highest BCUT2D eigenvalue weighted by Crippen LogP contribution is 2.51. The molecule has 0 fully saturated rings. The van der Waals surface area contributed by atoms with Gasteiger partial charge in [-0.1, -0.05) is 260 Å². The first-order chi connectivity index (χ1) is 49.9. The summed E-state index contributed by atoms with van der Waals surface area (Å²) >= 11 is 0. The van der Waals surface area contributed by atoms with Gasteiger partial charge in [0.25, 0.3) is 0 Å². The van der Waals surface area contributed by atoms with Gasteiger partial charge in [0.1, 0.15) is 0 Å². The summed E-state index contributed by atoms with van der Waals surface area (Å²) in [5, 5.41) is 6.65. The molecule has 0 saturated heterocycles. The molecule has 13 aromatic carbocycles. The monoisotopic (exact) mass is 1290 g/mol. The topological polar surface area (TPSA) is 79.2 Å². The highest BCUT2D eigenvalue weighted by Gasteiger charge is 2.33. The van der Waals surface area contributed by atoms with Crippen molar-refractivity contribution >= 4 is 65.4 Å². The average Bonchev–Trinajstić information content (AvgIpc) is 1.60. The van der Waals surface area contributed by atoms with E-state index in [-0.39, 0.29) is 0 Å². The maximum absolute atomic E-state index is 6.03. The maximum atomic E-state index is 6.03. The Morgan fingerprint density at radius 3 is 1.10 bits per heavy atom. The number of hydrogen-bond acceptors (Lipinski definition) is 5. The Bertz CT molecular complexity index is 6320. The van der Waals surface area contributed by atoms with Gasteiger partial charge in [0.05, 0.1) is 89.9 Å². The zero-order valence-corrected chi connectivity index (χ0v) is 55.4. The molecule has 19 rings (SSSR count). The van der Waals surface area contributed by atoms with Gasteiger partial charge in [0.15, 0.2) is 11.6 Å². The predicted octanol–water partition coefficient (Wildman–Crippen LogP) is 23.6. The van der Waals surface area contributed by atoms with Gasteiger partial charge in [-0.15, -0.1) is 0 Å². The van der Waals surface area contributed by atoms with Crippen LogP contribution in [0.25, 0.3) is 184 Å². The molecule has 474 valence electrons. The summed E-state index contributed by atoms with van der Waals surface area (Å²) in [7, 11) is 0. The third-order valence-electron chi connectivity index (χ3n) is 19.8. The van der Waals surface area contributed by atoms with E-state index >= 15 is 0 Å². The number of pyridine rings is 1. The molecule has 8 heteroatoms. The van der Waals surface area contributed by atoms with Crippen molar-refractivity contribution in [2.75, 3.05) is 0 Å².